The quantitative estimate of drug-likeness (QED) is 0.721. The van der Waals surface area contributed by atoms with Gasteiger partial charge in [0.2, 0.25) is 15.9 Å². The van der Waals surface area contributed by atoms with Crippen LogP contribution in [0.4, 0.5) is 5.69 Å². The second-order valence-corrected chi connectivity index (χ2v) is 8.19. The Morgan fingerprint density at radius 1 is 1.15 bits per heavy atom. The van der Waals surface area contributed by atoms with E-state index < -0.39 is 10.0 Å². The molecule has 0 aromatic heterocycles. The lowest BCUT2D eigenvalue weighted by Gasteiger charge is -2.25. The van der Waals surface area contributed by atoms with Crippen molar-refractivity contribution in [3.63, 3.8) is 0 Å². The molecule has 0 spiro atoms. The number of nitrogens with zero attached hydrogens (tertiary/aromatic N) is 2. The van der Waals surface area contributed by atoms with Crippen LogP contribution in [0.5, 0.6) is 5.75 Å². The highest BCUT2D eigenvalue weighted by Crippen LogP contribution is 2.22. The van der Waals surface area contributed by atoms with Crippen molar-refractivity contribution < 1.29 is 17.9 Å². The minimum Gasteiger partial charge on any atom is -0.497 e. The molecule has 0 aliphatic heterocycles. The highest BCUT2D eigenvalue weighted by molar-refractivity contribution is 7.92. The number of likely N-dealkylation sites (N-methyl/N-ethyl adjacent to an activating group) is 1. The SMILES string of the molecule is COc1ccc(CN(C)C(=O)CN(c2cccc(Cl)c2)S(C)(=O)=O)cc1. The summed E-state index contributed by atoms with van der Waals surface area (Å²) in [5.41, 5.74) is 1.27. The molecule has 140 valence electrons. The van der Waals surface area contributed by atoms with E-state index in [1.54, 1.807) is 32.4 Å². The Balaban J connectivity index is 2.13. The molecule has 0 bridgehead atoms. The van der Waals surface area contributed by atoms with Crippen LogP contribution in [0.2, 0.25) is 5.02 Å². The Hall–Kier alpha value is -2.25. The molecule has 0 N–H and O–H groups in total. The molecule has 0 heterocycles. The van der Waals surface area contributed by atoms with Gasteiger partial charge in [0.25, 0.3) is 0 Å². The van der Waals surface area contributed by atoms with Crippen molar-refractivity contribution in [2.24, 2.45) is 0 Å². The van der Waals surface area contributed by atoms with Crippen LogP contribution < -0.4 is 9.04 Å². The molecule has 2 aromatic rings. The molecule has 0 saturated carbocycles. The van der Waals surface area contributed by atoms with E-state index in [2.05, 4.69) is 0 Å². The van der Waals surface area contributed by atoms with Crippen LogP contribution in [0.1, 0.15) is 5.56 Å². The maximum atomic E-state index is 12.5. The number of halogens is 1. The van der Waals surface area contributed by atoms with Crippen LogP contribution in [0.25, 0.3) is 0 Å². The fourth-order valence-corrected chi connectivity index (χ4v) is 3.39. The Labute approximate surface area is 159 Å². The molecule has 2 aromatic carbocycles. The molecule has 0 unspecified atom stereocenters. The number of benzene rings is 2. The first-order valence-electron chi connectivity index (χ1n) is 7.81. The summed E-state index contributed by atoms with van der Waals surface area (Å²) in [6, 6.07) is 13.7. The number of anilines is 1. The van der Waals surface area contributed by atoms with E-state index in [4.69, 9.17) is 16.3 Å². The van der Waals surface area contributed by atoms with Gasteiger partial charge in [0, 0.05) is 18.6 Å². The number of rotatable bonds is 7. The Morgan fingerprint density at radius 2 is 1.81 bits per heavy atom. The summed E-state index contributed by atoms with van der Waals surface area (Å²) in [4.78, 5) is 14.0. The number of carbonyl (C=O) groups is 1. The van der Waals surface area contributed by atoms with Crippen LogP contribution >= 0.6 is 11.6 Å². The van der Waals surface area contributed by atoms with Gasteiger partial charge >= 0.3 is 0 Å². The summed E-state index contributed by atoms with van der Waals surface area (Å²) >= 11 is 5.94. The molecule has 0 radical (unpaired) electrons. The molecule has 0 atom stereocenters. The minimum atomic E-state index is -3.63. The lowest BCUT2D eigenvalue weighted by Crippen LogP contribution is -2.41. The van der Waals surface area contributed by atoms with E-state index in [1.165, 1.54) is 11.0 Å². The molecule has 2 rings (SSSR count). The van der Waals surface area contributed by atoms with Crippen LogP contribution in [0, 0.1) is 0 Å². The van der Waals surface area contributed by atoms with E-state index in [1.807, 2.05) is 24.3 Å². The van der Waals surface area contributed by atoms with Crippen molar-refractivity contribution in [2.75, 3.05) is 31.3 Å². The van der Waals surface area contributed by atoms with Gasteiger partial charge in [-0.3, -0.25) is 9.10 Å². The second-order valence-electron chi connectivity index (χ2n) is 5.85. The van der Waals surface area contributed by atoms with E-state index in [-0.39, 0.29) is 12.5 Å². The van der Waals surface area contributed by atoms with Crippen LogP contribution in [0.3, 0.4) is 0 Å². The smallest absolute Gasteiger partial charge is 0.243 e. The summed E-state index contributed by atoms with van der Waals surface area (Å²) in [6.45, 7) is 0.0573. The lowest BCUT2D eigenvalue weighted by atomic mass is 10.2. The molecule has 8 heteroatoms. The van der Waals surface area contributed by atoms with Crippen molar-refractivity contribution in [1.29, 1.82) is 0 Å². The molecular formula is C18H21ClN2O4S. The lowest BCUT2D eigenvalue weighted by molar-refractivity contribution is -0.128. The number of carbonyl (C=O) groups excluding carboxylic acids is 1. The van der Waals surface area contributed by atoms with Gasteiger partial charge in [-0.1, -0.05) is 29.8 Å². The van der Waals surface area contributed by atoms with Crippen molar-refractivity contribution in [3.05, 3.63) is 59.1 Å². The van der Waals surface area contributed by atoms with Crippen LogP contribution in [-0.4, -0.2) is 46.2 Å². The van der Waals surface area contributed by atoms with Gasteiger partial charge in [0.05, 0.1) is 19.1 Å². The molecule has 0 fully saturated rings. The monoisotopic (exact) mass is 396 g/mol. The molecular weight excluding hydrogens is 376 g/mol. The number of sulfonamides is 1. The van der Waals surface area contributed by atoms with Gasteiger partial charge in [-0.25, -0.2) is 8.42 Å². The average Bonchev–Trinajstić information content (AvgIpc) is 2.59. The summed E-state index contributed by atoms with van der Waals surface area (Å²) in [5.74, 6) is 0.401. The Bertz CT molecular complexity index is 869. The van der Waals surface area contributed by atoms with Crippen molar-refractivity contribution in [2.45, 2.75) is 6.54 Å². The predicted octanol–water partition coefficient (Wildman–Crippen LogP) is 2.77. The van der Waals surface area contributed by atoms with Gasteiger partial charge in [-0.15, -0.1) is 0 Å². The number of ether oxygens (including phenoxy) is 1. The minimum absolute atomic E-state index is 0.300. The standard InChI is InChI=1S/C18H21ClN2O4S/c1-20(12-14-7-9-17(25-2)10-8-14)18(22)13-21(26(3,23)24)16-6-4-5-15(19)11-16/h4-11H,12-13H2,1-3H3. The molecule has 0 saturated heterocycles. The number of hydrogen-bond donors (Lipinski definition) is 0. The maximum Gasteiger partial charge on any atom is 0.243 e. The number of hydrogen-bond acceptors (Lipinski definition) is 4. The fraction of sp³-hybridized carbons (Fsp3) is 0.278. The molecule has 0 aliphatic carbocycles. The van der Waals surface area contributed by atoms with Crippen molar-refractivity contribution in [3.8, 4) is 5.75 Å². The van der Waals surface area contributed by atoms with Crippen molar-refractivity contribution in [1.82, 2.24) is 4.90 Å². The highest BCUT2D eigenvalue weighted by atomic mass is 35.5. The van der Waals surface area contributed by atoms with Gasteiger partial charge < -0.3 is 9.64 Å². The third kappa shape index (κ3) is 5.37. The number of methoxy groups -OCH3 is 1. The third-order valence-electron chi connectivity index (χ3n) is 3.78. The topological polar surface area (TPSA) is 66.9 Å². The zero-order valence-electron chi connectivity index (χ0n) is 14.8. The predicted molar refractivity (Wildman–Crippen MR) is 103 cm³/mol. The van der Waals surface area contributed by atoms with Crippen LogP contribution in [0.15, 0.2) is 48.5 Å². The fourth-order valence-electron chi connectivity index (χ4n) is 2.37. The third-order valence-corrected chi connectivity index (χ3v) is 5.16. The van der Waals surface area contributed by atoms with Gasteiger partial charge in [0.1, 0.15) is 12.3 Å². The maximum absolute atomic E-state index is 12.5. The summed E-state index contributed by atoms with van der Waals surface area (Å²) < 4.78 is 30.4. The number of amides is 1. The second kappa shape index (κ2) is 8.42. The zero-order valence-corrected chi connectivity index (χ0v) is 16.4. The normalized spacial score (nSPS) is 11.1. The van der Waals surface area contributed by atoms with E-state index >= 15 is 0 Å². The molecule has 1 amide bonds. The summed E-state index contributed by atoms with van der Waals surface area (Å²) in [7, 11) is -0.421. The molecule has 6 nitrogen and oxygen atoms in total. The van der Waals surface area contributed by atoms with Crippen LogP contribution in [-0.2, 0) is 21.4 Å². The largest absolute Gasteiger partial charge is 0.497 e. The first-order valence-corrected chi connectivity index (χ1v) is 10.0. The molecule has 0 aliphatic rings. The van der Waals surface area contributed by atoms with E-state index in [9.17, 15) is 13.2 Å². The Kier molecular flexibility index (Phi) is 6.50. The van der Waals surface area contributed by atoms with E-state index in [0.717, 1.165) is 21.9 Å². The Morgan fingerprint density at radius 3 is 2.35 bits per heavy atom. The summed E-state index contributed by atoms with van der Waals surface area (Å²) in [5, 5.41) is 0.398. The van der Waals surface area contributed by atoms with Gasteiger partial charge in [-0.05, 0) is 35.9 Å². The van der Waals surface area contributed by atoms with Gasteiger partial charge in [-0.2, -0.15) is 0 Å². The average molecular weight is 397 g/mol. The highest BCUT2D eigenvalue weighted by Gasteiger charge is 2.23. The zero-order chi connectivity index (χ0) is 19.3. The van der Waals surface area contributed by atoms with Crippen molar-refractivity contribution >= 4 is 33.2 Å². The van der Waals surface area contributed by atoms with E-state index in [0.29, 0.717) is 17.3 Å². The first-order chi connectivity index (χ1) is 12.2. The molecule has 26 heavy (non-hydrogen) atoms. The first kappa shape index (κ1) is 20.1. The summed E-state index contributed by atoms with van der Waals surface area (Å²) in [6.07, 6.45) is 1.06. The van der Waals surface area contributed by atoms with Gasteiger partial charge in [0.15, 0.2) is 0 Å².